The summed E-state index contributed by atoms with van der Waals surface area (Å²) in [6.45, 7) is 6.64. The van der Waals surface area contributed by atoms with Crippen LogP contribution < -0.4 is 10.6 Å². The minimum atomic E-state index is -0.342. The zero-order valence-corrected chi connectivity index (χ0v) is 15.2. The van der Waals surface area contributed by atoms with E-state index in [0.717, 1.165) is 37.3 Å². The summed E-state index contributed by atoms with van der Waals surface area (Å²) >= 11 is 0. The number of nitrogens with one attached hydrogen (secondary N) is 1. The van der Waals surface area contributed by atoms with Crippen molar-refractivity contribution in [3.05, 3.63) is 45.9 Å². The van der Waals surface area contributed by atoms with E-state index in [9.17, 15) is 9.59 Å². The van der Waals surface area contributed by atoms with Crippen LogP contribution in [0.1, 0.15) is 29.8 Å². The van der Waals surface area contributed by atoms with Gasteiger partial charge in [0.1, 0.15) is 0 Å². The Bertz CT molecular complexity index is 794. The highest BCUT2D eigenvalue weighted by molar-refractivity contribution is 5.76. The molecular weight excluding hydrogens is 332 g/mol. The van der Waals surface area contributed by atoms with E-state index < -0.39 is 0 Å². The van der Waals surface area contributed by atoms with Gasteiger partial charge in [0.25, 0.3) is 0 Å². The van der Waals surface area contributed by atoms with E-state index in [0.29, 0.717) is 31.0 Å². The van der Waals surface area contributed by atoms with Gasteiger partial charge in [0.2, 0.25) is 11.9 Å². The predicted octanol–water partition coefficient (Wildman–Crippen LogP) is 0.848. The molecule has 1 N–H and O–H groups in total. The Hall–Kier alpha value is -2.77. The molecule has 0 aliphatic carbocycles. The molecule has 0 unspecified atom stereocenters. The molecule has 0 aromatic carbocycles. The molecular formula is C18H24N6O2. The fourth-order valence-electron chi connectivity index (χ4n) is 3.33. The number of aromatic nitrogens is 4. The molecule has 3 rings (SSSR count). The Balaban J connectivity index is 1.58. The smallest absolute Gasteiger partial charge is 0.341 e. The van der Waals surface area contributed by atoms with Crippen molar-refractivity contribution in [2.45, 2.75) is 33.1 Å². The summed E-state index contributed by atoms with van der Waals surface area (Å²) in [4.78, 5) is 43.3. The number of nitrogens with zero attached hydrogens (tertiary/aromatic N) is 5. The van der Waals surface area contributed by atoms with Crippen molar-refractivity contribution in [2.24, 2.45) is 0 Å². The van der Waals surface area contributed by atoms with Crippen molar-refractivity contribution >= 4 is 11.9 Å². The molecule has 138 valence electrons. The molecule has 3 heterocycles. The van der Waals surface area contributed by atoms with Crippen molar-refractivity contribution in [1.29, 1.82) is 0 Å². The largest absolute Gasteiger partial charge is 0.345 e. The van der Waals surface area contributed by atoms with Gasteiger partial charge >= 0.3 is 5.69 Å². The summed E-state index contributed by atoms with van der Waals surface area (Å²) in [5, 5.41) is 0. The van der Waals surface area contributed by atoms with Crippen LogP contribution in [0.2, 0.25) is 0 Å². The fraction of sp³-hybridized carbons (Fsp3) is 0.500. The number of amides is 1. The van der Waals surface area contributed by atoms with E-state index >= 15 is 0 Å². The first-order valence-corrected chi connectivity index (χ1v) is 8.90. The highest BCUT2D eigenvalue weighted by Gasteiger charge is 2.20. The molecule has 1 fully saturated rings. The topological polar surface area (TPSA) is 95.1 Å². The second-order valence-electron chi connectivity index (χ2n) is 6.50. The lowest BCUT2D eigenvalue weighted by Gasteiger charge is -2.22. The lowest BCUT2D eigenvalue weighted by molar-refractivity contribution is -0.130. The zero-order valence-electron chi connectivity index (χ0n) is 15.2. The first-order valence-electron chi connectivity index (χ1n) is 8.90. The molecule has 0 atom stereocenters. The fourth-order valence-corrected chi connectivity index (χ4v) is 3.33. The minimum Gasteiger partial charge on any atom is -0.341 e. The Kier molecular flexibility index (Phi) is 5.60. The molecule has 8 nitrogen and oxygen atoms in total. The van der Waals surface area contributed by atoms with Gasteiger partial charge in [-0.15, -0.1) is 0 Å². The minimum absolute atomic E-state index is 0.130. The lowest BCUT2D eigenvalue weighted by Crippen LogP contribution is -2.35. The maximum absolute atomic E-state index is 12.6. The second-order valence-corrected chi connectivity index (χ2v) is 6.50. The number of carbonyl (C=O) groups is 1. The van der Waals surface area contributed by atoms with Crippen molar-refractivity contribution in [1.82, 2.24) is 24.8 Å². The quantitative estimate of drug-likeness (QED) is 0.873. The number of hydrogen-bond donors (Lipinski definition) is 1. The predicted molar refractivity (Wildman–Crippen MR) is 98.1 cm³/mol. The Labute approximate surface area is 152 Å². The highest BCUT2D eigenvalue weighted by atomic mass is 16.2. The Morgan fingerprint density at radius 3 is 2.65 bits per heavy atom. The van der Waals surface area contributed by atoms with Crippen LogP contribution in [-0.4, -0.2) is 56.9 Å². The van der Waals surface area contributed by atoms with Crippen LogP contribution in [0, 0.1) is 13.8 Å². The van der Waals surface area contributed by atoms with Crippen LogP contribution in [0.15, 0.2) is 23.3 Å². The number of anilines is 1. The molecule has 0 bridgehead atoms. The summed E-state index contributed by atoms with van der Waals surface area (Å²) < 4.78 is 0. The van der Waals surface area contributed by atoms with Crippen LogP contribution in [-0.2, 0) is 11.2 Å². The third-order valence-corrected chi connectivity index (χ3v) is 4.73. The standard InChI is InChI=1S/C18H24N6O2/c1-13-15(14(2)22-18(26)21-13)5-6-16(25)23-9-4-10-24(12-11-23)17-19-7-3-8-20-17/h3,7-8H,4-6,9-12H2,1-2H3,(H,21,22,26). The van der Waals surface area contributed by atoms with Gasteiger partial charge in [-0.3, -0.25) is 4.79 Å². The number of rotatable bonds is 4. The van der Waals surface area contributed by atoms with Crippen LogP contribution in [0.25, 0.3) is 0 Å². The van der Waals surface area contributed by atoms with E-state index in [1.54, 1.807) is 18.5 Å². The average molecular weight is 356 g/mol. The second kappa shape index (κ2) is 8.07. The number of aryl methyl sites for hydroxylation is 2. The van der Waals surface area contributed by atoms with Gasteiger partial charge in [-0.2, -0.15) is 4.98 Å². The number of aromatic amines is 1. The third kappa shape index (κ3) is 4.25. The molecule has 1 saturated heterocycles. The number of carbonyl (C=O) groups excluding carboxylic acids is 1. The summed E-state index contributed by atoms with van der Waals surface area (Å²) in [6, 6.07) is 1.80. The molecule has 2 aromatic heterocycles. The molecule has 0 radical (unpaired) electrons. The number of H-pyrrole nitrogens is 1. The van der Waals surface area contributed by atoms with Gasteiger partial charge in [0, 0.05) is 56.4 Å². The first-order chi connectivity index (χ1) is 12.5. The van der Waals surface area contributed by atoms with Crippen LogP contribution in [0.4, 0.5) is 5.95 Å². The molecule has 0 spiro atoms. The van der Waals surface area contributed by atoms with Gasteiger partial charge in [-0.1, -0.05) is 0 Å². The maximum Gasteiger partial charge on any atom is 0.345 e. The summed E-state index contributed by atoms with van der Waals surface area (Å²) in [5.74, 6) is 0.846. The molecule has 1 aliphatic heterocycles. The number of hydrogen-bond acceptors (Lipinski definition) is 6. The van der Waals surface area contributed by atoms with E-state index in [4.69, 9.17) is 0 Å². The SMILES string of the molecule is Cc1nc(=O)[nH]c(C)c1CCC(=O)N1CCCN(c2ncccn2)CC1. The van der Waals surface area contributed by atoms with Crippen molar-refractivity contribution in [2.75, 3.05) is 31.1 Å². The molecule has 1 aliphatic rings. The van der Waals surface area contributed by atoms with Crippen molar-refractivity contribution in [3.8, 4) is 0 Å². The summed E-state index contributed by atoms with van der Waals surface area (Å²) in [7, 11) is 0. The molecule has 0 saturated carbocycles. The van der Waals surface area contributed by atoms with Crippen LogP contribution in [0.5, 0.6) is 0 Å². The van der Waals surface area contributed by atoms with Gasteiger partial charge in [-0.05, 0) is 38.3 Å². The van der Waals surface area contributed by atoms with E-state index in [-0.39, 0.29) is 11.6 Å². The zero-order chi connectivity index (χ0) is 18.5. The van der Waals surface area contributed by atoms with Crippen molar-refractivity contribution < 1.29 is 4.79 Å². The summed E-state index contributed by atoms with van der Waals surface area (Å²) in [5.41, 5.74) is 2.10. The normalized spacial score (nSPS) is 15.0. The molecule has 8 heteroatoms. The summed E-state index contributed by atoms with van der Waals surface area (Å²) in [6.07, 6.45) is 5.36. The Morgan fingerprint density at radius 1 is 1.15 bits per heavy atom. The maximum atomic E-state index is 12.6. The monoisotopic (exact) mass is 356 g/mol. The van der Waals surface area contributed by atoms with Crippen LogP contribution in [0.3, 0.4) is 0 Å². The molecule has 26 heavy (non-hydrogen) atoms. The lowest BCUT2D eigenvalue weighted by atomic mass is 10.1. The van der Waals surface area contributed by atoms with Crippen LogP contribution >= 0.6 is 0 Å². The Morgan fingerprint density at radius 2 is 1.92 bits per heavy atom. The first kappa shape index (κ1) is 18.0. The van der Waals surface area contributed by atoms with Crippen molar-refractivity contribution in [3.63, 3.8) is 0 Å². The molecule has 2 aromatic rings. The van der Waals surface area contributed by atoms with Gasteiger partial charge < -0.3 is 14.8 Å². The van der Waals surface area contributed by atoms with Gasteiger partial charge in [0.15, 0.2) is 0 Å². The van der Waals surface area contributed by atoms with E-state index in [1.807, 2.05) is 18.7 Å². The van der Waals surface area contributed by atoms with Gasteiger partial charge in [-0.25, -0.2) is 14.8 Å². The van der Waals surface area contributed by atoms with Gasteiger partial charge in [0.05, 0.1) is 0 Å². The average Bonchev–Trinajstić information content (AvgIpc) is 2.87. The molecule has 1 amide bonds. The van der Waals surface area contributed by atoms with E-state index in [2.05, 4.69) is 24.8 Å². The highest BCUT2D eigenvalue weighted by Crippen LogP contribution is 2.14. The third-order valence-electron chi connectivity index (χ3n) is 4.73. The van der Waals surface area contributed by atoms with E-state index in [1.165, 1.54) is 0 Å².